The molecule has 0 aliphatic rings. The van der Waals surface area contributed by atoms with Gasteiger partial charge in [-0.3, -0.25) is 19.7 Å². The molecule has 25 heavy (non-hydrogen) atoms. The summed E-state index contributed by atoms with van der Waals surface area (Å²) in [5.74, 6) is -1.67. The van der Waals surface area contributed by atoms with Crippen molar-refractivity contribution in [2.45, 2.75) is 13.5 Å². The van der Waals surface area contributed by atoms with Gasteiger partial charge >= 0.3 is 0 Å². The van der Waals surface area contributed by atoms with Crippen molar-refractivity contribution in [3.63, 3.8) is 0 Å². The van der Waals surface area contributed by atoms with E-state index in [2.05, 4.69) is 10.6 Å². The highest BCUT2D eigenvalue weighted by atomic mass is 19.1. The second-order valence-electron chi connectivity index (χ2n) is 5.19. The Kier molecular flexibility index (Phi) is 5.28. The number of nitro groups is 1. The van der Waals surface area contributed by atoms with Crippen LogP contribution < -0.4 is 16.4 Å². The molecule has 0 atom stereocenters. The molecule has 0 aliphatic heterocycles. The van der Waals surface area contributed by atoms with Gasteiger partial charge in [-0.15, -0.1) is 0 Å². The van der Waals surface area contributed by atoms with Gasteiger partial charge in [-0.2, -0.15) is 0 Å². The lowest BCUT2D eigenvalue weighted by Gasteiger charge is -2.11. The maximum Gasteiger partial charge on any atom is 0.275 e. The normalized spacial score (nSPS) is 10.2. The Morgan fingerprint density at radius 1 is 1.24 bits per heavy atom. The van der Waals surface area contributed by atoms with Gasteiger partial charge in [-0.05, 0) is 30.3 Å². The molecule has 0 unspecified atom stereocenters. The van der Waals surface area contributed by atoms with Crippen LogP contribution in [0.25, 0.3) is 0 Å². The molecule has 0 radical (unpaired) electrons. The molecule has 0 aliphatic carbocycles. The largest absolute Gasteiger partial charge is 0.378 e. The first-order valence-corrected chi connectivity index (χ1v) is 7.16. The molecule has 0 spiro atoms. The number of nitrogens with zero attached hydrogens (tertiary/aromatic N) is 1. The van der Waals surface area contributed by atoms with Crippen LogP contribution in [0.3, 0.4) is 0 Å². The summed E-state index contributed by atoms with van der Waals surface area (Å²) in [6, 6.07) is 7.74. The van der Waals surface area contributed by atoms with Crippen molar-refractivity contribution in [1.82, 2.24) is 0 Å². The van der Waals surface area contributed by atoms with E-state index in [1.54, 1.807) is 0 Å². The highest BCUT2D eigenvalue weighted by Crippen LogP contribution is 2.24. The number of carbonyl (C=O) groups excluding carboxylic acids is 2. The van der Waals surface area contributed by atoms with Crippen LogP contribution in [0, 0.1) is 15.9 Å². The predicted molar refractivity (Wildman–Crippen MR) is 89.6 cm³/mol. The first kappa shape index (κ1) is 17.9. The molecule has 2 aromatic carbocycles. The number of nitrogens with two attached hydrogens (primary N) is 1. The summed E-state index contributed by atoms with van der Waals surface area (Å²) in [5, 5.41) is 16.4. The van der Waals surface area contributed by atoms with Crippen molar-refractivity contribution in [3.05, 3.63) is 63.5 Å². The van der Waals surface area contributed by atoms with Crippen molar-refractivity contribution in [1.29, 1.82) is 0 Å². The van der Waals surface area contributed by atoms with E-state index < -0.39 is 16.6 Å². The second kappa shape index (κ2) is 7.39. The number of rotatable bonds is 6. The summed E-state index contributed by atoms with van der Waals surface area (Å²) < 4.78 is 13.9. The monoisotopic (exact) mass is 346 g/mol. The van der Waals surface area contributed by atoms with Crippen molar-refractivity contribution in [2.75, 3.05) is 10.6 Å². The van der Waals surface area contributed by atoms with Crippen LogP contribution in [0.2, 0.25) is 0 Å². The number of anilines is 2. The molecule has 130 valence electrons. The Morgan fingerprint density at radius 2 is 1.96 bits per heavy atom. The number of benzene rings is 2. The number of primary amides is 1. The summed E-state index contributed by atoms with van der Waals surface area (Å²) in [7, 11) is 0. The SMILES string of the molecule is CC(=O)Nc1ccc(F)c(NCc2ccc(C(N)=O)cc2[N+](=O)[O-])c1. The number of hydrogen-bond donors (Lipinski definition) is 3. The van der Waals surface area contributed by atoms with Gasteiger partial charge in [-0.25, -0.2) is 4.39 Å². The van der Waals surface area contributed by atoms with Crippen LogP contribution in [0.15, 0.2) is 36.4 Å². The summed E-state index contributed by atoms with van der Waals surface area (Å²) in [6.45, 7) is 1.26. The van der Waals surface area contributed by atoms with Gasteiger partial charge in [0.15, 0.2) is 0 Å². The van der Waals surface area contributed by atoms with Crippen molar-refractivity contribution < 1.29 is 18.9 Å². The molecule has 0 heterocycles. The van der Waals surface area contributed by atoms with E-state index in [1.165, 1.54) is 31.2 Å². The minimum atomic E-state index is -0.781. The summed E-state index contributed by atoms with van der Waals surface area (Å²) in [6.07, 6.45) is 0. The van der Waals surface area contributed by atoms with E-state index in [-0.39, 0.29) is 35.0 Å². The quantitative estimate of drug-likeness (QED) is 0.547. The summed E-state index contributed by atoms with van der Waals surface area (Å²) in [4.78, 5) is 32.7. The number of amides is 2. The van der Waals surface area contributed by atoms with Crippen molar-refractivity contribution >= 4 is 28.9 Å². The Labute approximate surface area is 142 Å². The van der Waals surface area contributed by atoms with Crippen molar-refractivity contribution in [3.8, 4) is 0 Å². The lowest BCUT2D eigenvalue weighted by atomic mass is 10.1. The van der Waals surface area contributed by atoms with Crippen molar-refractivity contribution in [2.24, 2.45) is 5.73 Å². The Hall–Kier alpha value is -3.49. The fourth-order valence-corrected chi connectivity index (χ4v) is 2.17. The van der Waals surface area contributed by atoms with E-state index in [0.29, 0.717) is 5.69 Å². The highest BCUT2D eigenvalue weighted by Gasteiger charge is 2.17. The maximum absolute atomic E-state index is 13.9. The van der Waals surface area contributed by atoms with Gasteiger partial charge in [-0.1, -0.05) is 0 Å². The molecule has 4 N–H and O–H groups in total. The molecule has 8 nitrogen and oxygen atoms in total. The van der Waals surface area contributed by atoms with Gasteiger partial charge in [0.25, 0.3) is 5.69 Å². The first-order valence-electron chi connectivity index (χ1n) is 7.16. The van der Waals surface area contributed by atoms with E-state index in [9.17, 15) is 24.1 Å². The number of carbonyl (C=O) groups is 2. The molecule has 0 saturated carbocycles. The van der Waals surface area contributed by atoms with Crippen LogP contribution in [0.4, 0.5) is 21.5 Å². The smallest absolute Gasteiger partial charge is 0.275 e. The third kappa shape index (κ3) is 4.50. The number of hydrogen-bond acceptors (Lipinski definition) is 5. The second-order valence-corrected chi connectivity index (χ2v) is 5.19. The lowest BCUT2D eigenvalue weighted by Crippen LogP contribution is -2.12. The van der Waals surface area contributed by atoms with Crippen LogP contribution in [0.1, 0.15) is 22.8 Å². The van der Waals surface area contributed by atoms with E-state index >= 15 is 0 Å². The third-order valence-corrected chi connectivity index (χ3v) is 3.32. The minimum Gasteiger partial charge on any atom is -0.378 e. The zero-order valence-electron chi connectivity index (χ0n) is 13.2. The van der Waals surface area contributed by atoms with Gasteiger partial charge in [0.1, 0.15) is 5.82 Å². The molecule has 0 fully saturated rings. The number of nitro benzene ring substituents is 1. The van der Waals surface area contributed by atoms with Gasteiger partial charge < -0.3 is 16.4 Å². The molecule has 0 aromatic heterocycles. The minimum absolute atomic E-state index is 0.00860. The molecule has 2 aromatic rings. The predicted octanol–water partition coefficient (Wildman–Crippen LogP) is 2.40. The standard InChI is InChI=1S/C16H15FN4O4/c1-9(22)20-12-4-5-13(17)14(7-12)19-8-11-3-2-10(16(18)23)6-15(11)21(24)25/h2-7,19H,8H2,1H3,(H2,18,23)(H,20,22). The zero-order valence-corrected chi connectivity index (χ0v) is 13.2. The molecule has 2 amide bonds. The first-order chi connectivity index (χ1) is 11.8. The van der Waals surface area contributed by atoms with Gasteiger partial charge in [0, 0.05) is 36.3 Å². The van der Waals surface area contributed by atoms with Crippen LogP contribution in [-0.2, 0) is 11.3 Å². The van der Waals surface area contributed by atoms with E-state index in [4.69, 9.17) is 5.73 Å². The fourth-order valence-electron chi connectivity index (χ4n) is 2.17. The van der Waals surface area contributed by atoms with Gasteiger partial charge in [0.05, 0.1) is 10.6 Å². The van der Waals surface area contributed by atoms with E-state index in [0.717, 1.165) is 12.1 Å². The average Bonchev–Trinajstić information content (AvgIpc) is 2.54. The topological polar surface area (TPSA) is 127 Å². The summed E-state index contributed by atoms with van der Waals surface area (Å²) >= 11 is 0. The fraction of sp³-hybridized carbons (Fsp3) is 0.125. The Balaban J connectivity index is 2.25. The van der Waals surface area contributed by atoms with E-state index in [1.807, 2.05) is 0 Å². The summed E-state index contributed by atoms with van der Waals surface area (Å²) in [5.41, 5.74) is 5.52. The number of halogens is 1. The zero-order chi connectivity index (χ0) is 18.6. The molecular formula is C16H15FN4O4. The number of nitrogens with one attached hydrogen (secondary N) is 2. The molecule has 9 heteroatoms. The average molecular weight is 346 g/mol. The molecule has 0 bridgehead atoms. The van der Waals surface area contributed by atoms with Crippen LogP contribution in [0.5, 0.6) is 0 Å². The lowest BCUT2D eigenvalue weighted by molar-refractivity contribution is -0.385. The molecule has 2 rings (SSSR count). The Bertz CT molecular complexity index is 854. The van der Waals surface area contributed by atoms with Gasteiger partial charge in [0.2, 0.25) is 11.8 Å². The van der Waals surface area contributed by atoms with Crippen LogP contribution in [-0.4, -0.2) is 16.7 Å². The molecule has 0 saturated heterocycles. The molecular weight excluding hydrogens is 331 g/mol. The highest BCUT2D eigenvalue weighted by molar-refractivity contribution is 5.93. The Morgan fingerprint density at radius 3 is 2.56 bits per heavy atom. The van der Waals surface area contributed by atoms with Crippen LogP contribution >= 0.6 is 0 Å². The third-order valence-electron chi connectivity index (χ3n) is 3.32. The maximum atomic E-state index is 13.9.